The molecule has 8 nitrogen and oxygen atoms in total. The minimum atomic E-state index is -3.67. The van der Waals surface area contributed by atoms with E-state index in [0.29, 0.717) is 39.6 Å². The Bertz CT molecular complexity index is 874. The Morgan fingerprint density at radius 3 is 2.30 bits per heavy atom. The van der Waals surface area contributed by atoms with E-state index < -0.39 is 10.0 Å². The molecule has 0 aliphatic rings. The molecule has 0 aliphatic heterocycles. The van der Waals surface area contributed by atoms with Gasteiger partial charge in [0.05, 0.1) is 38.9 Å². The topological polar surface area (TPSA) is 131 Å². The Morgan fingerprint density at radius 1 is 1.04 bits per heavy atom. The van der Waals surface area contributed by atoms with Crippen LogP contribution >= 0.6 is 0 Å². The predicted octanol–water partition coefficient (Wildman–Crippen LogP) is 1.25. The maximum atomic E-state index is 12.4. The average molecular weight is 396 g/mol. The second-order valence-corrected chi connectivity index (χ2v) is 7.71. The number of anilines is 2. The highest BCUT2D eigenvalue weighted by molar-refractivity contribution is 7.92. The summed E-state index contributed by atoms with van der Waals surface area (Å²) in [5.41, 5.74) is 8.04. The van der Waals surface area contributed by atoms with Crippen LogP contribution in [-0.4, -0.2) is 38.6 Å². The molecule has 0 heterocycles. The average Bonchev–Trinajstić information content (AvgIpc) is 2.65. The van der Waals surface area contributed by atoms with Crippen molar-refractivity contribution >= 4 is 21.4 Å². The smallest absolute Gasteiger partial charge is 0.233 e. The molecule has 2 aromatic carbocycles. The van der Waals surface area contributed by atoms with Gasteiger partial charge in [-0.3, -0.25) is 4.72 Å². The normalized spacial score (nSPS) is 11.3. The molecule has 9 heteroatoms. The van der Waals surface area contributed by atoms with E-state index in [0.717, 1.165) is 0 Å². The molecule has 148 valence electrons. The highest BCUT2D eigenvalue weighted by Crippen LogP contribution is 2.30. The predicted molar refractivity (Wildman–Crippen MR) is 103 cm³/mol. The summed E-state index contributed by atoms with van der Waals surface area (Å²) in [6, 6.07) is 7.83. The maximum Gasteiger partial charge on any atom is 0.233 e. The lowest BCUT2D eigenvalue weighted by Gasteiger charge is -2.15. The molecule has 0 radical (unpaired) electrons. The second-order valence-electron chi connectivity index (χ2n) is 5.87. The van der Waals surface area contributed by atoms with Gasteiger partial charge in [0.15, 0.2) is 0 Å². The van der Waals surface area contributed by atoms with Gasteiger partial charge >= 0.3 is 0 Å². The third-order valence-corrected chi connectivity index (χ3v) is 5.40. The zero-order valence-corrected chi connectivity index (χ0v) is 16.0. The fourth-order valence-corrected chi connectivity index (χ4v) is 3.73. The number of benzene rings is 2. The van der Waals surface area contributed by atoms with Gasteiger partial charge in [0, 0.05) is 22.9 Å². The van der Waals surface area contributed by atoms with Gasteiger partial charge in [-0.15, -0.1) is 0 Å². The number of aliphatic hydroxyl groups excluding tert-OH is 2. The Balaban J connectivity index is 2.18. The van der Waals surface area contributed by atoms with Crippen LogP contribution in [0.2, 0.25) is 0 Å². The molecule has 27 heavy (non-hydrogen) atoms. The molecular weight excluding hydrogens is 372 g/mol. The van der Waals surface area contributed by atoms with Crippen molar-refractivity contribution < 1.29 is 28.1 Å². The van der Waals surface area contributed by atoms with Crippen molar-refractivity contribution in [1.82, 2.24) is 0 Å². The maximum absolute atomic E-state index is 12.4. The minimum absolute atomic E-state index is 0.141. The van der Waals surface area contributed by atoms with Crippen molar-refractivity contribution in [3.05, 3.63) is 47.0 Å². The molecule has 0 atom stereocenters. The van der Waals surface area contributed by atoms with Gasteiger partial charge in [-0.25, -0.2) is 8.42 Å². The van der Waals surface area contributed by atoms with E-state index in [1.54, 1.807) is 18.2 Å². The van der Waals surface area contributed by atoms with E-state index in [2.05, 4.69) is 4.72 Å². The molecule has 0 fully saturated rings. The summed E-state index contributed by atoms with van der Waals surface area (Å²) >= 11 is 0. The van der Waals surface area contributed by atoms with Crippen LogP contribution in [0.3, 0.4) is 0 Å². The van der Waals surface area contributed by atoms with Crippen LogP contribution in [0.15, 0.2) is 30.3 Å². The van der Waals surface area contributed by atoms with E-state index in [1.807, 2.05) is 0 Å². The number of methoxy groups -OCH3 is 2. The molecule has 0 amide bonds. The third kappa shape index (κ3) is 5.25. The number of hydrogen-bond donors (Lipinski definition) is 4. The van der Waals surface area contributed by atoms with E-state index in [-0.39, 0.29) is 25.4 Å². The van der Waals surface area contributed by atoms with Crippen molar-refractivity contribution in [2.75, 3.05) is 30.4 Å². The molecular formula is C18H24N2O6S. The molecule has 0 saturated carbocycles. The summed E-state index contributed by atoms with van der Waals surface area (Å²) in [7, 11) is -0.704. The SMILES string of the molecule is COc1cc(CO)c(CCS(=O)(=O)Nc2ccc(CO)c(N)c2)c(OC)c1. The molecule has 2 rings (SSSR count). The largest absolute Gasteiger partial charge is 0.497 e. The van der Waals surface area contributed by atoms with Crippen LogP contribution in [0, 0.1) is 0 Å². The van der Waals surface area contributed by atoms with Gasteiger partial charge < -0.3 is 25.4 Å². The van der Waals surface area contributed by atoms with Crippen LogP contribution in [0.25, 0.3) is 0 Å². The van der Waals surface area contributed by atoms with Crippen molar-refractivity contribution in [1.29, 1.82) is 0 Å². The summed E-state index contributed by atoms with van der Waals surface area (Å²) < 4.78 is 37.8. The van der Waals surface area contributed by atoms with Gasteiger partial charge in [-0.05, 0) is 30.2 Å². The number of nitrogens with one attached hydrogen (secondary N) is 1. The van der Waals surface area contributed by atoms with Gasteiger partial charge in [-0.1, -0.05) is 6.07 Å². The highest BCUT2D eigenvalue weighted by Gasteiger charge is 2.17. The van der Waals surface area contributed by atoms with E-state index in [1.165, 1.54) is 26.4 Å². The zero-order valence-electron chi connectivity index (χ0n) is 15.2. The lowest BCUT2D eigenvalue weighted by Crippen LogP contribution is -2.19. The number of sulfonamides is 1. The summed E-state index contributed by atoms with van der Waals surface area (Å²) in [4.78, 5) is 0. The molecule has 0 unspecified atom stereocenters. The molecule has 0 aliphatic carbocycles. The number of aliphatic hydroxyl groups is 2. The Hall–Kier alpha value is -2.49. The Labute approximate surface area is 158 Å². The summed E-state index contributed by atoms with van der Waals surface area (Å²) in [6.45, 7) is -0.490. The van der Waals surface area contributed by atoms with E-state index in [4.69, 9.17) is 20.3 Å². The quantitative estimate of drug-likeness (QED) is 0.469. The Kier molecular flexibility index (Phi) is 6.89. The lowest BCUT2D eigenvalue weighted by molar-refractivity contribution is 0.278. The van der Waals surface area contributed by atoms with Crippen LogP contribution in [0.4, 0.5) is 11.4 Å². The first kappa shape index (κ1) is 20.8. The molecule has 0 aromatic heterocycles. The van der Waals surface area contributed by atoms with Crippen LogP contribution < -0.4 is 19.9 Å². The van der Waals surface area contributed by atoms with Gasteiger partial charge in [0.1, 0.15) is 11.5 Å². The molecule has 0 bridgehead atoms. The van der Waals surface area contributed by atoms with Crippen LogP contribution in [0.1, 0.15) is 16.7 Å². The van der Waals surface area contributed by atoms with Crippen molar-refractivity contribution in [2.45, 2.75) is 19.6 Å². The fraction of sp³-hybridized carbons (Fsp3) is 0.333. The number of hydrogen-bond acceptors (Lipinski definition) is 7. The van der Waals surface area contributed by atoms with Gasteiger partial charge in [-0.2, -0.15) is 0 Å². The van der Waals surface area contributed by atoms with E-state index >= 15 is 0 Å². The van der Waals surface area contributed by atoms with E-state index in [9.17, 15) is 13.5 Å². The monoisotopic (exact) mass is 396 g/mol. The number of nitrogens with two attached hydrogens (primary N) is 1. The fourth-order valence-electron chi connectivity index (χ4n) is 2.67. The first-order chi connectivity index (χ1) is 12.8. The minimum Gasteiger partial charge on any atom is -0.497 e. The molecule has 2 aromatic rings. The van der Waals surface area contributed by atoms with Crippen LogP contribution in [0.5, 0.6) is 11.5 Å². The molecule has 5 N–H and O–H groups in total. The number of rotatable bonds is 9. The van der Waals surface area contributed by atoms with Crippen LogP contribution in [-0.2, 0) is 29.7 Å². The van der Waals surface area contributed by atoms with Gasteiger partial charge in [0.25, 0.3) is 0 Å². The van der Waals surface area contributed by atoms with Crippen molar-refractivity contribution in [3.8, 4) is 11.5 Å². The summed E-state index contributed by atoms with van der Waals surface area (Å²) in [6.07, 6.45) is 0.141. The number of ether oxygens (including phenoxy) is 2. The number of nitrogen functional groups attached to an aromatic ring is 1. The standard InChI is InChI=1S/C18H24N2O6S/c1-25-15-7-13(11-22)16(18(9-15)26-2)5-6-27(23,24)20-14-4-3-12(10-21)17(19)8-14/h3-4,7-9,20-22H,5-6,10-11,19H2,1-2H3. The third-order valence-electron chi connectivity index (χ3n) is 4.11. The molecule has 0 saturated heterocycles. The van der Waals surface area contributed by atoms with Crippen molar-refractivity contribution in [2.24, 2.45) is 0 Å². The highest BCUT2D eigenvalue weighted by atomic mass is 32.2. The zero-order chi connectivity index (χ0) is 20.0. The summed E-state index contributed by atoms with van der Waals surface area (Å²) in [5.74, 6) is 0.745. The molecule has 0 spiro atoms. The summed E-state index contributed by atoms with van der Waals surface area (Å²) in [5, 5.41) is 18.7. The van der Waals surface area contributed by atoms with Crippen molar-refractivity contribution in [3.63, 3.8) is 0 Å². The Morgan fingerprint density at radius 2 is 1.74 bits per heavy atom. The first-order valence-corrected chi connectivity index (χ1v) is 9.83. The second kappa shape index (κ2) is 8.94. The lowest BCUT2D eigenvalue weighted by atomic mass is 10.0. The first-order valence-electron chi connectivity index (χ1n) is 8.18. The van der Waals surface area contributed by atoms with Gasteiger partial charge in [0.2, 0.25) is 10.0 Å².